The van der Waals surface area contributed by atoms with Crippen molar-refractivity contribution in [3.63, 3.8) is 0 Å². The number of likely N-dealkylation sites (tertiary alicyclic amines) is 1. The summed E-state index contributed by atoms with van der Waals surface area (Å²) in [5.74, 6) is 1.26. The van der Waals surface area contributed by atoms with Crippen molar-refractivity contribution in [3.8, 4) is 0 Å². The quantitative estimate of drug-likeness (QED) is 0.882. The third-order valence-corrected chi connectivity index (χ3v) is 3.92. The lowest BCUT2D eigenvalue weighted by Gasteiger charge is -2.20. The number of benzene rings is 1. The number of hydrogen-bond acceptors (Lipinski definition) is 2. The van der Waals surface area contributed by atoms with Crippen molar-refractivity contribution in [2.75, 3.05) is 13.1 Å². The molecule has 0 saturated carbocycles. The molecule has 2 N–H and O–H groups in total. The molecular formula is C15H22N2O. The van der Waals surface area contributed by atoms with Crippen LogP contribution in [-0.4, -0.2) is 29.9 Å². The van der Waals surface area contributed by atoms with Gasteiger partial charge in [0.2, 0.25) is 5.91 Å². The predicted octanol–water partition coefficient (Wildman–Crippen LogP) is 1.67. The van der Waals surface area contributed by atoms with Crippen molar-refractivity contribution in [2.45, 2.75) is 26.3 Å². The summed E-state index contributed by atoms with van der Waals surface area (Å²) < 4.78 is 0. The summed E-state index contributed by atoms with van der Waals surface area (Å²) >= 11 is 0. The zero-order valence-electron chi connectivity index (χ0n) is 11.2. The number of carbonyl (C=O) groups is 1. The van der Waals surface area contributed by atoms with Crippen LogP contribution in [0.3, 0.4) is 0 Å². The first-order valence-corrected chi connectivity index (χ1v) is 6.66. The van der Waals surface area contributed by atoms with Crippen molar-refractivity contribution in [3.05, 3.63) is 35.9 Å². The Hall–Kier alpha value is -1.35. The van der Waals surface area contributed by atoms with Gasteiger partial charge in [0.05, 0.1) is 6.04 Å². The fourth-order valence-electron chi connectivity index (χ4n) is 2.50. The lowest BCUT2D eigenvalue weighted by Crippen LogP contribution is -2.44. The standard InChI is InChI=1S/C15H22N2O/c1-11-9-17(10-12(11)2)15(18)14(16)8-13-6-4-3-5-7-13/h3-7,11-12,14H,8-10,16H2,1-2H3/t11?,12?,14-/m1/s1. The first-order chi connectivity index (χ1) is 8.58. The van der Waals surface area contributed by atoms with Crippen LogP contribution in [0.25, 0.3) is 0 Å². The van der Waals surface area contributed by atoms with E-state index in [9.17, 15) is 4.79 Å². The number of hydrogen-bond donors (Lipinski definition) is 1. The van der Waals surface area contributed by atoms with Crippen molar-refractivity contribution >= 4 is 5.91 Å². The van der Waals surface area contributed by atoms with Gasteiger partial charge in [-0.15, -0.1) is 0 Å². The highest BCUT2D eigenvalue weighted by Gasteiger charge is 2.31. The van der Waals surface area contributed by atoms with Gasteiger partial charge >= 0.3 is 0 Å². The Morgan fingerprint density at radius 2 is 1.83 bits per heavy atom. The molecule has 18 heavy (non-hydrogen) atoms. The average Bonchev–Trinajstić information content (AvgIpc) is 2.70. The number of rotatable bonds is 3. The summed E-state index contributed by atoms with van der Waals surface area (Å²) in [4.78, 5) is 14.2. The highest BCUT2D eigenvalue weighted by atomic mass is 16.2. The summed E-state index contributed by atoms with van der Waals surface area (Å²) in [7, 11) is 0. The largest absolute Gasteiger partial charge is 0.341 e. The minimum absolute atomic E-state index is 0.0926. The van der Waals surface area contributed by atoms with Gasteiger partial charge in [-0.3, -0.25) is 4.79 Å². The highest BCUT2D eigenvalue weighted by Crippen LogP contribution is 2.22. The molecule has 98 valence electrons. The summed E-state index contributed by atoms with van der Waals surface area (Å²) in [5, 5.41) is 0. The Morgan fingerprint density at radius 3 is 2.39 bits per heavy atom. The summed E-state index contributed by atoms with van der Waals surface area (Å²) in [5.41, 5.74) is 7.15. The second-order valence-electron chi connectivity index (χ2n) is 5.49. The van der Waals surface area contributed by atoms with Crippen molar-refractivity contribution in [2.24, 2.45) is 17.6 Å². The second-order valence-corrected chi connectivity index (χ2v) is 5.49. The zero-order valence-corrected chi connectivity index (χ0v) is 11.2. The summed E-state index contributed by atoms with van der Waals surface area (Å²) in [6.07, 6.45) is 0.624. The molecule has 0 spiro atoms. The minimum Gasteiger partial charge on any atom is -0.341 e. The molecule has 1 amide bonds. The molecule has 0 bridgehead atoms. The van der Waals surface area contributed by atoms with Gasteiger partial charge < -0.3 is 10.6 Å². The maximum atomic E-state index is 12.2. The summed E-state index contributed by atoms with van der Waals surface area (Å²) in [6.45, 7) is 6.09. The van der Waals surface area contributed by atoms with E-state index in [1.54, 1.807) is 0 Å². The van der Waals surface area contributed by atoms with E-state index in [2.05, 4.69) is 13.8 Å². The third kappa shape index (κ3) is 2.91. The van der Waals surface area contributed by atoms with E-state index in [-0.39, 0.29) is 5.91 Å². The van der Waals surface area contributed by atoms with Crippen LogP contribution in [0.2, 0.25) is 0 Å². The minimum atomic E-state index is -0.412. The lowest BCUT2D eigenvalue weighted by molar-refractivity contribution is -0.131. The van der Waals surface area contributed by atoms with Crippen LogP contribution in [0, 0.1) is 11.8 Å². The SMILES string of the molecule is CC1CN(C(=O)[C@H](N)Cc2ccccc2)CC1C. The van der Waals surface area contributed by atoms with E-state index in [0.717, 1.165) is 18.7 Å². The molecule has 1 heterocycles. The van der Waals surface area contributed by atoms with Crippen LogP contribution in [0.1, 0.15) is 19.4 Å². The molecule has 0 aliphatic carbocycles. The molecule has 0 aromatic heterocycles. The van der Waals surface area contributed by atoms with Crippen LogP contribution >= 0.6 is 0 Å². The van der Waals surface area contributed by atoms with E-state index in [1.807, 2.05) is 35.2 Å². The predicted molar refractivity (Wildman–Crippen MR) is 73.0 cm³/mol. The topological polar surface area (TPSA) is 46.3 Å². The normalized spacial score (nSPS) is 25.2. The molecule has 0 radical (unpaired) electrons. The van der Waals surface area contributed by atoms with Gasteiger partial charge in [-0.2, -0.15) is 0 Å². The van der Waals surface area contributed by atoms with Gasteiger partial charge in [-0.1, -0.05) is 44.2 Å². The monoisotopic (exact) mass is 246 g/mol. The Labute approximate surface area is 109 Å². The van der Waals surface area contributed by atoms with Gasteiger partial charge in [0.25, 0.3) is 0 Å². The molecule has 2 rings (SSSR count). The molecule has 3 nitrogen and oxygen atoms in total. The van der Waals surface area contributed by atoms with E-state index in [1.165, 1.54) is 0 Å². The molecule has 1 aliphatic rings. The molecule has 1 aromatic rings. The number of carbonyl (C=O) groups excluding carboxylic acids is 1. The maximum Gasteiger partial charge on any atom is 0.239 e. The van der Waals surface area contributed by atoms with Gasteiger partial charge in [0, 0.05) is 13.1 Å². The Bertz CT molecular complexity index is 394. The maximum absolute atomic E-state index is 12.2. The molecule has 1 aliphatic heterocycles. The molecule has 3 heteroatoms. The Balaban J connectivity index is 1.93. The van der Waals surface area contributed by atoms with Crippen molar-refractivity contribution < 1.29 is 4.79 Å². The number of nitrogens with zero attached hydrogens (tertiary/aromatic N) is 1. The van der Waals surface area contributed by atoms with Gasteiger partial charge in [0.1, 0.15) is 0 Å². The van der Waals surface area contributed by atoms with Crippen LogP contribution in [-0.2, 0) is 11.2 Å². The molecule has 1 aromatic carbocycles. The lowest BCUT2D eigenvalue weighted by atomic mass is 10.0. The van der Waals surface area contributed by atoms with Crippen molar-refractivity contribution in [1.29, 1.82) is 0 Å². The first-order valence-electron chi connectivity index (χ1n) is 6.66. The molecule has 3 atom stereocenters. The third-order valence-electron chi connectivity index (χ3n) is 3.92. The van der Waals surface area contributed by atoms with E-state index in [4.69, 9.17) is 5.73 Å². The second kappa shape index (κ2) is 5.53. The van der Waals surface area contributed by atoms with Crippen LogP contribution < -0.4 is 5.73 Å². The van der Waals surface area contributed by atoms with Gasteiger partial charge in [-0.05, 0) is 23.8 Å². The van der Waals surface area contributed by atoms with E-state index in [0.29, 0.717) is 18.3 Å². The zero-order chi connectivity index (χ0) is 13.1. The molecule has 2 unspecified atom stereocenters. The van der Waals surface area contributed by atoms with Crippen LogP contribution in [0.5, 0.6) is 0 Å². The molecule has 1 saturated heterocycles. The Kier molecular flexibility index (Phi) is 4.02. The number of amides is 1. The first kappa shape index (κ1) is 13.1. The fraction of sp³-hybridized carbons (Fsp3) is 0.533. The number of nitrogens with two attached hydrogens (primary N) is 1. The fourth-order valence-corrected chi connectivity index (χ4v) is 2.50. The van der Waals surface area contributed by atoms with Crippen molar-refractivity contribution in [1.82, 2.24) is 4.90 Å². The Morgan fingerprint density at radius 1 is 1.28 bits per heavy atom. The smallest absolute Gasteiger partial charge is 0.239 e. The van der Waals surface area contributed by atoms with Crippen LogP contribution in [0.4, 0.5) is 0 Å². The molecular weight excluding hydrogens is 224 g/mol. The summed E-state index contributed by atoms with van der Waals surface area (Å²) in [6, 6.07) is 9.55. The molecule has 1 fully saturated rings. The van der Waals surface area contributed by atoms with Crippen LogP contribution in [0.15, 0.2) is 30.3 Å². The van der Waals surface area contributed by atoms with Gasteiger partial charge in [0.15, 0.2) is 0 Å². The van der Waals surface area contributed by atoms with E-state index < -0.39 is 6.04 Å². The highest BCUT2D eigenvalue weighted by molar-refractivity contribution is 5.82. The van der Waals surface area contributed by atoms with E-state index >= 15 is 0 Å². The average molecular weight is 246 g/mol. The van der Waals surface area contributed by atoms with Gasteiger partial charge in [-0.25, -0.2) is 0 Å².